The van der Waals surface area contributed by atoms with Crippen LogP contribution in [0.2, 0.25) is 0 Å². The fraction of sp³-hybridized carbons (Fsp3) is 0.480. The molecule has 0 N–H and O–H groups in total. The predicted octanol–water partition coefficient (Wildman–Crippen LogP) is 6.15. The molecule has 2 aliphatic rings. The Hall–Kier alpha value is -2.23. The van der Waals surface area contributed by atoms with E-state index >= 15 is 0 Å². The summed E-state index contributed by atoms with van der Waals surface area (Å²) in [5.74, 6) is 0. The Morgan fingerprint density at radius 2 is 1.97 bits per heavy atom. The molecule has 4 rings (SSSR count). The van der Waals surface area contributed by atoms with Gasteiger partial charge in [-0.15, -0.1) is 11.3 Å². The van der Waals surface area contributed by atoms with Crippen molar-refractivity contribution >= 4 is 47.8 Å². The smallest absolute Gasteiger partial charge is 0.125 e. The minimum atomic E-state index is 0.500. The predicted molar refractivity (Wildman–Crippen MR) is 149 cm³/mol. The molecule has 34 heavy (non-hydrogen) atoms. The number of thiazole rings is 1. The Morgan fingerprint density at radius 3 is 2.62 bits per heavy atom. The summed E-state index contributed by atoms with van der Waals surface area (Å²) in [4.78, 5) is 14.8. The molecule has 0 aliphatic carbocycles. The van der Waals surface area contributed by atoms with E-state index in [0.717, 1.165) is 58.5 Å². The van der Waals surface area contributed by atoms with Crippen LogP contribution in [0, 0.1) is 0 Å². The van der Waals surface area contributed by atoms with Crippen molar-refractivity contribution in [2.45, 2.75) is 46.0 Å². The van der Waals surface area contributed by atoms with Crippen LogP contribution in [0.5, 0.6) is 0 Å². The number of anilines is 1. The third kappa shape index (κ3) is 7.38. The highest BCUT2D eigenvalue weighted by atomic mass is 32.1. The molecular weight excluding hydrogens is 467 g/mol. The molecule has 1 saturated heterocycles. The maximum atomic E-state index is 9.50. The van der Waals surface area contributed by atoms with Gasteiger partial charge in [-0.3, -0.25) is 9.38 Å². The van der Waals surface area contributed by atoms with Gasteiger partial charge in [-0.2, -0.15) is 5.10 Å². The third-order valence-corrected chi connectivity index (χ3v) is 6.98. The van der Waals surface area contributed by atoms with Gasteiger partial charge in [-0.1, -0.05) is 39.0 Å². The Labute approximate surface area is 213 Å². The Balaban J connectivity index is 0.000000970. The number of allylic oxidation sites excluding steroid dienone is 2. The average Bonchev–Trinajstić information content (AvgIpc) is 3.51. The van der Waals surface area contributed by atoms with E-state index in [1.54, 1.807) is 17.5 Å². The van der Waals surface area contributed by atoms with Crippen LogP contribution >= 0.6 is 24.2 Å². The van der Waals surface area contributed by atoms with E-state index in [2.05, 4.69) is 58.2 Å². The normalized spacial score (nSPS) is 16.4. The monoisotopic (exact) mass is 504 g/mol. The van der Waals surface area contributed by atoms with E-state index in [9.17, 15) is 4.39 Å². The zero-order chi connectivity index (χ0) is 24.9. The zero-order valence-corrected chi connectivity index (χ0v) is 22.3. The lowest BCUT2D eigenvalue weighted by Crippen LogP contribution is -2.30. The maximum Gasteiger partial charge on any atom is 0.125 e. The van der Waals surface area contributed by atoms with Crippen molar-refractivity contribution in [2.75, 3.05) is 38.3 Å². The number of hydrogen-bond donors (Lipinski definition) is 1. The van der Waals surface area contributed by atoms with Crippen LogP contribution in [0.25, 0.3) is 11.3 Å². The van der Waals surface area contributed by atoms with E-state index in [1.165, 1.54) is 36.4 Å². The zero-order valence-electron chi connectivity index (χ0n) is 20.6. The molecule has 0 bridgehead atoms. The van der Waals surface area contributed by atoms with Gasteiger partial charge in [0.15, 0.2) is 0 Å². The molecule has 2 aromatic heterocycles. The average molecular weight is 505 g/mol. The number of halogens is 1. The number of likely N-dealkylation sites (tertiary alicyclic amines) is 1. The lowest BCUT2D eigenvalue weighted by Gasteiger charge is -2.28. The largest absolute Gasteiger partial charge is 0.338 e. The standard InChI is InChI=1S/C22H28N6S2.C2H6.CH3F/c1-17-21-20(9-13-27(17)19-15-24-28(29)16-19)25-22(30-21)18(14-23-2)8-4-7-12-26-10-5-3-6-11-26;2*1-2/h4,8,14-16,29H,1-3,5-7,9-13H2;1-2H3;1H3/b8-4-,18-14+;;. The number of piperidine rings is 1. The summed E-state index contributed by atoms with van der Waals surface area (Å²) < 4.78 is 11.0. The van der Waals surface area contributed by atoms with Crippen LogP contribution < -0.4 is 4.90 Å². The molecule has 0 unspecified atom stereocenters. The van der Waals surface area contributed by atoms with Crippen LogP contribution in [0.4, 0.5) is 10.1 Å². The summed E-state index contributed by atoms with van der Waals surface area (Å²) in [6, 6.07) is 0. The van der Waals surface area contributed by atoms with E-state index in [4.69, 9.17) is 4.98 Å². The Morgan fingerprint density at radius 1 is 1.24 bits per heavy atom. The van der Waals surface area contributed by atoms with Gasteiger partial charge in [-0.05, 0) is 51.9 Å². The quantitative estimate of drug-likeness (QED) is 0.279. The van der Waals surface area contributed by atoms with E-state index in [1.807, 2.05) is 26.2 Å². The molecule has 0 radical (unpaired) electrons. The number of rotatable bonds is 7. The second-order valence-corrected chi connectivity index (χ2v) is 9.03. The van der Waals surface area contributed by atoms with Gasteiger partial charge in [0.2, 0.25) is 0 Å². The molecule has 2 aromatic rings. The van der Waals surface area contributed by atoms with Crippen molar-refractivity contribution in [2.24, 2.45) is 4.99 Å². The van der Waals surface area contributed by atoms with Gasteiger partial charge in [0, 0.05) is 31.3 Å². The topological polar surface area (TPSA) is 49.6 Å². The highest BCUT2D eigenvalue weighted by Gasteiger charge is 2.26. The fourth-order valence-corrected chi connectivity index (χ4v) is 5.24. The number of hydrogen-bond acceptors (Lipinski definition) is 7. The number of aliphatic imine (C=N–C) groups is 1. The fourth-order valence-electron chi connectivity index (χ4n) is 3.99. The molecule has 6 nitrogen and oxygen atoms in total. The van der Waals surface area contributed by atoms with E-state index in [0.29, 0.717) is 7.18 Å². The van der Waals surface area contributed by atoms with Crippen molar-refractivity contribution in [3.63, 3.8) is 0 Å². The molecule has 0 aromatic carbocycles. The molecule has 0 spiro atoms. The first-order valence-electron chi connectivity index (χ1n) is 11.8. The second kappa shape index (κ2) is 14.9. The Bertz CT molecular complexity index is 972. The van der Waals surface area contributed by atoms with Crippen molar-refractivity contribution in [3.05, 3.63) is 52.9 Å². The summed E-state index contributed by atoms with van der Waals surface area (Å²) in [7, 11) is 0.500. The third-order valence-electron chi connectivity index (χ3n) is 5.56. The minimum Gasteiger partial charge on any atom is -0.338 e. The molecule has 9 heteroatoms. The first-order chi connectivity index (χ1) is 16.7. The summed E-state index contributed by atoms with van der Waals surface area (Å²) in [5, 5.41) is 5.13. The van der Waals surface area contributed by atoms with Crippen LogP contribution in [0.1, 0.15) is 55.1 Å². The number of aromatic nitrogens is 3. The Kier molecular flexibility index (Phi) is 12.3. The SMILES string of the molecule is C=N/C=C(\C=C/CCN1CCCCC1)c1nc2c(s1)C(=C)N(c1cnn(S)c1)CC2.CC.CF. The van der Waals surface area contributed by atoms with E-state index in [-0.39, 0.29) is 0 Å². The first kappa shape index (κ1) is 28.0. The molecule has 2 aliphatic heterocycles. The lowest BCUT2D eigenvalue weighted by atomic mass is 10.1. The van der Waals surface area contributed by atoms with Crippen molar-refractivity contribution in [1.29, 1.82) is 0 Å². The highest BCUT2D eigenvalue weighted by Crippen LogP contribution is 2.37. The molecular formula is C25H37FN6S2. The minimum absolute atomic E-state index is 0.500. The second-order valence-electron chi connectivity index (χ2n) is 7.62. The van der Waals surface area contributed by atoms with Crippen LogP contribution in [-0.4, -0.2) is 59.1 Å². The van der Waals surface area contributed by atoms with E-state index < -0.39 is 0 Å². The summed E-state index contributed by atoms with van der Waals surface area (Å²) in [6.07, 6.45) is 15.8. The molecule has 1 fully saturated rings. The summed E-state index contributed by atoms with van der Waals surface area (Å²) >= 11 is 5.91. The van der Waals surface area contributed by atoms with Gasteiger partial charge in [-0.25, -0.2) is 9.07 Å². The molecule has 186 valence electrons. The first-order valence-corrected chi connectivity index (χ1v) is 13.0. The number of nitrogens with zero attached hydrogens (tertiary/aromatic N) is 6. The van der Waals surface area contributed by atoms with Crippen LogP contribution in [0.15, 0.2) is 42.3 Å². The summed E-state index contributed by atoms with van der Waals surface area (Å²) in [5.41, 5.74) is 4.06. The highest BCUT2D eigenvalue weighted by molar-refractivity contribution is 7.78. The van der Waals surface area contributed by atoms with Crippen LogP contribution in [-0.2, 0) is 6.42 Å². The van der Waals surface area contributed by atoms with Crippen molar-refractivity contribution in [1.82, 2.24) is 19.1 Å². The van der Waals surface area contributed by atoms with Crippen molar-refractivity contribution < 1.29 is 4.39 Å². The summed E-state index contributed by atoms with van der Waals surface area (Å²) in [6.45, 7) is 16.4. The van der Waals surface area contributed by atoms with Gasteiger partial charge >= 0.3 is 0 Å². The number of alkyl halides is 1. The van der Waals surface area contributed by atoms with Gasteiger partial charge in [0.1, 0.15) is 5.01 Å². The molecule has 0 saturated carbocycles. The number of thiol groups is 1. The van der Waals surface area contributed by atoms with Gasteiger partial charge in [0.05, 0.1) is 41.5 Å². The molecule has 4 heterocycles. The van der Waals surface area contributed by atoms with Crippen LogP contribution in [0.3, 0.4) is 0 Å². The van der Waals surface area contributed by atoms with Gasteiger partial charge < -0.3 is 9.80 Å². The van der Waals surface area contributed by atoms with Crippen molar-refractivity contribution in [3.8, 4) is 0 Å². The maximum absolute atomic E-state index is 9.50. The van der Waals surface area contributed by atoms with Gasteiger partial charge in [0.25, 0.3) is 0 Å². The molecule has 0 atom stereocenters. The number of fused-ring (bicyclic) bond motifs is 1. The molecule has 0 amide bonds. The lowest BCUT2D eigenvalue weighted by molar-refractivity contribution is 0.233.